The number of pyridine rings is 1. The molecule has 3 N–H and O–H groups in total. The van der Waals surface area contributed by atoms with E-state index in [1.165, 1.54) is 12.3 Å². The van der Waals surface area contributed by atoms with Gasteiger partial charge in [-0.2, -0.15) is 0 Å². The zero-order chi connectivity index (χ0) is 15.2. The van der Waals surface area contributed by atoms with E-state index in [0.717, 1.165) is 11.3 Å². The number of carbonyl (C=O) groups excluding carboxylic acids is 1. The lowest BCUT2D eigenvalue weighted by atomic mass is 10.1. The Hall–Kier alpha value is -2.40. The number of hydrogen-bond acceptors (Lipinski definition) is 3. The Morgan fingerprint density at radius 3 is 2.57 bits per heavy atom. The van der Waals surface area contributed by atoms with E-state index in [4.69, 9.17) is 5.73 Å². The number of rotatable bonds is 5. The summed E-state index contributed by atoms with van der Waals surface area (Å²) in [5, 5.41) is 0. The molecular formula is C16H19N3O2. The number of aromatic nitrogens is 1. The summed E-state index contributed by atoms with van der Waals surface area (Å²) < 4.78 is 0. The van der Waals surface area contributed by atoms with Crippen molar-refractivity contribution in [1.29, 1.82) is 0 Å². The first-order valence-corrected chi connectivity index (χ1v) is 6.89. The molecule has 110 valence electrons. The van der Waals surface area contributed by atoms with E-state index in [9.17, 15) is 9.59 Å². The summed E-state index contributed by atoms with van der Waals surface area (Å²) in [6, 6.07) is 10.6. The largest absolute Gasteiger partial charge is 0.330 e. The normalized spacial score (nSPS) is 10.4. The van der Waals surface area contributed by atoms with Crippen LogP contribution in [0.5, 0.6) is 0 Å². The van der Waals surface area contributed by atoms with Crippen molar-refractivity contribution < 1.29 is 4.79 Å². The highest BCUT2D eigenvalue weighted by Crippen LogP contribution is 2.18. The number of hydrogen-bond donors (Lipinski definition) is 2. The fourth-order valence-electron chi connectivity index (χ4n) is 2.06. The lowest BCUT2D eigenvalue weighted by Crippen LogP contribution is -2.33. The molecule has 0 aliphatic rings. The molecule has 1 aromatic heterocycles. The zero-order valence-corrected chi connectivity index (χ0v) is 12.0. The number of amides is 1. The molecule has 0 aliphatic carbocycles. The van der Waals surface area contributed by atoms with Crippen molar-refractivity contribution in [2.45, 2.75) is 13.3 Å². The Balaban J connectivity index is 2.33. The van der Waals surface area contributed by atoms with Gasteiger partial charge in [0.15, 0.2) is 0 Å². The van der Waals surface area contributed by atoms with Gasteiger partial charge in [-0.05, 0) is 38.1 Å². The lowest BCUT2D eigenvalue weighted by molar-refractivity contribution is 0.0986. The third kappa shape index (κ3) is 3.79. The summed E-state index contributed by atoms with van der Waals surface area (Å²) in [6.45, 7) is 3.02. The number of nitrogens with one attached hydrogen (secondary N) is 1. The molecule has 2 rings (SSSR count). The number of anilines is 1. The average Bonchev–Trinajstić information content (AvgIpc) is 2.49. The molecule has 0 radical (unpaired) electrons. The summed E-state index contributed by atoms with van der Waals surface area (Å²) in [5.74, 6) is -0.196. The van der Waals surface area contributed by atoms with Crippen molar-refractivity contribution in [2.24, 2.45) is 5.73 Å². The quantitative estimate of drug-likeness (QED) is 0.877. The summed E-state index contributed by atoms with van der Waals surface area (Å²) in [4.78, 5) is 28.2. The molecule has 0 bridgehead atoms. The predicted molar refractivity (Wildman–Crippen MR) is 83.6 cm³/mol. The molecule has 5 heteroatoms. The van der Waals surface area contributed by atoms with Crippen molar-refractivity contribution in [3.63, 3.8) is 0 Å². The summed E-state index contributed by atoms with van der Waals surface area (Å²) >= 11 is 0. The van der Waals surface area contributed by atoms with Gasteiger partial charge in [-0.1, -0.05) is 17.7 Å². The topological polar surface area (TPSA) is 79.2 Å². The van der Waals surface area contributed by atoms with Crippen LogP contribution in [0.3, 0.4) is 0 Å². The Morgan fingerprint density at radius 1 is 1.24 bits per heavy atom. The van der Waals surface area contributed by atoms with E-state index in [-0.39, 0.29) is 11.5 Å². The monoisotopic (exact) mass is 285 g/mol. The molecule has 0 fully saturated rings. The molecule has 21 heavy (non-hydrogen) atoms. The van der Waals surface area contributed by atoms with Crippen molar-refractivity contribution in [3.05, 3.63) is 64.1 Å². The van der Waals surface area contributed by atoms with Gasteiger partial charge in [-0.15, -0.1) is 0 Å². The van der Waals surface area contributed by atoms with Crippen LogP contribution in [-0.4, -0.2) is 24.0 Å². The van der Waals surface area contributed by atoms with Crippen LogP contribution < -0.4 is 16.2 Å². The lowest BCUT2D eigenvalue weighted by Gasteiger charge is -2.23. The molecule has 0 spiro atoms. The maximum absolute atomic E-state index is 12.6. The number of nitrogens with two attached hydrogens (primary N) is 1. The molecule has 0 aliphatic heterocycles. The van der Waals surface area contributed by atoms with Crippen LogP contribution in [0.15, 0.2) is 47.4 Å². The van der Waals surface area contributed by atoms with E-state index in [1.807, 2.05) is 31.2 Å². The van der Waals surface area contributed by atoms with E-state index in [0.29, 0.717) is 25.1 Å². The highest BCUT2D eigenvalue weighted by molar-refractivity contribution is 6.05. The van der Waals surface area contributed by atoms with Gasteiger partial charge in [0.05, 0.1) is 0 Å². The Morgan fingerprint density at radius 2 is 1.95 bits per heavy atom. The molecule has 0 saturated heterocycles. The number of nitrogens with zero attached hydrogens (tertiary/aromatic N) is 1. The predicted octanol–water partition coefficient (Wildman–Crippen LogP) is 1.68. The van der Waals surface area contributed by atoms with Crippen LogP contribution in [0.25, 0.3) is 0 Å². The molecule has 0 unspecified atom stereocenters. The average molecular weight is 285 g/mol. The van der Waals surface area contributed by atoms with Crippen LogP contribution >= 0.6 is 0 Å². The minimum absolute atomic E-state index is 0.196. The van der Waals surface area contributed by atoms with E-state index in [1.54, 1.807) is 11.0 Å². The van der Waals surface area contributed by atoms with Crippen molar-refractivity contribution in [1.82, 2.24) is 4.98 Å². The first kappa shape index (κ1) is 15.0. The second kappa shape index (κ2) is 6.85. The van der Waals surface area contributed by atoms with Gasteiger partial charge in [-0.25, -0.2) is 0 Å². The number of aromatic amines is 1. The van der Waals surface area contributed by atoms with Gasteiger partial charge in [-0.3, -0.25) is 9.59 Å². The highest BCUT2D eigenvalue weighted by atomic mass is 16.2. The Labute approximate surface area is 123 Å². The van der Waals surface area contributed by atoms with Gasteiger partial charge >= 0.3 is 0 Å². The Kier molecular flexibility index (Phi) is 4.90. The highest BCUT2D eigenvalue weighted by Gasteiger charge is 2.17. The third-order valence-corrected chi connectivity index (χ3v) is 3.20. The van der Waals surface area contributed by atoms with Gasteiger partial charge in [0.25, 0.3) is 5.91 Å². The molecule has 5 nitrogen and oxygen atoms in total. The van der Waals surface area contributed by atoms with E-state index < -0.39 is 0 Å². The molecule has 1 aromatic carbocycles. The summed E-state index contributed by atoms with van der Waals surface area (Å²) in [7, 11) is 0. The fourth-order valence-corrected chi connectivity index (χ4v) is 2.06. The minimum Gasteiger partial charge on any atom is -0.330 e. The van der Waals surface area contributed by atoms with Gasteiger partial charge in [0.2, 0.25) is 5.56 Å². The first-order chi connectivity index (χ1) is 10.1. The summed E-state index contributed by atoms with van der Waals surface area (Å²) in [5.41, 5.74) is 7.56. The van der Waals surface area contributed by atoms with Crippen LogP contribution in [0, 0.1) is 6.92 Å². The van der Waals surface area contributed by atoms with Gasteiger partial charge in [0, 0.05) is 30.1 Å². The first-order valence-electron chi connectivity index (χ1n) is 6.89. The van der Waals surface area contributed by atoms with E-state index >= 15 is 0 Å². The van der Waals surface area contributed by atoms with Gasteiger partial charge in [0.1, 0.15) is 0 Å². The number of carbonyl (C=O) groups is 1. The molecule has 0 saturated carbocycles. The standard InChI is InChI=1S/C16H19N3O2/c1-12-3-5-14(6-4-12)19(10-2-8-17)16(21)13-7-9-18-15(20)11-13/h3-7,9,11H,2,8,10,17H2,1H3,(H,18,20). The van der Waals surface area contributed by atoms with Crippen LogP contribution in [-0.2, 0) is 0 Å². The minimum atomic E-state index is -0.288. The number of aryl methyl sites for hydroxylation is 1. The smallest absolute Gasteiger partial charge is 0.258 e. The number of H-pyrrole nitrogens is 1. The second-order valence-electron chi connectivity index (χ2n) is 4.88. The van der Waals surface area contributed by atoms with E-state index in [2.05, 4.69) is 4.98 Å². The molecule has 1 amide bonds. The van der Waals surface area contributed by atoms with Crippen LogP contribution in [0.4, 0.5) is 5.69 Å². The molecular weight excluding hydrogens is 266 g/mol. The SMILES string of the molecule is Cc1ccc(N(CCCN)C(=O)c2cc[nH]c(=O)c2)cc1. The van der Waals surface area contributed by atoms with Crippen LogP contribution in [0.2, 0.25) is 0 Å². The zero-order valence-electron chi connectivity index (χ0n) is 12.0. The summed E-state index contributed by atoms with van der Waals surface area (Å²) in [6.07, 6.45) is 2.18. The van der Waals surface area contributed by atoms with Crippen molar-refractivity contribution in [3.8, 4) is 0 Å². The fraction of sp³-hybridized carbons (Fsp3) is 0.250. The van der Waals surface area contributed by atoms with Crippen LogP contribution in [0.1, 0.15) is 22.3 Å². The van der Waals surface area contributed by atoms with Gasteiger partial charge < -0.3 is 15.6 Å². The second-order valence-corrected chi connectivity index (χ2v) is 4.88. The Bertz CT molecular complexity index is 662. The number of benzene rings is 1. The van der Waals surface area contributed by atoms with Crippen molar-refractivity contribution >= 4 is 11.6 Å². The molecule has 0 atom stereocenters. The maximum atomic E-state index is 12.6. The molecule has 2 aromatic rings. The molecule has 1 heterocycles. The third-order valence-electron chi connectivity index (χ3n) is 3.20. The van der Waals surface area contributed by atoms with Crippen molar-refractivity contribution in [2.75, 3.05) is 18.0 Å². The maximum Gasteiger partial charge on any atom is 0.258 e.